The molecule has 2 atom stereocenters. The topological polar surface area (TPSA) is 131 Å². The molecule has 200 valence electrons. The maximum absolute atomic E-state index is 12.9. The molecule has 0 fully saturated rings. The van der Waals surface area contributed by atoms with Crippen LogP contribution in [0.5, 0.6) is 0 Å². The minimum absolute atomic E-state index is 0.135. The third kappa shape index (κ3) is 6.51. The van der Waals surface area contributed by atoms with E-state index in [4.69, 9.17) is 9.26 Å². The molecule has 9 nitrogen and oxygen atoms in total. The van der Waals surface area contributed by atoms with Crippen LogP contribution in [0.15, 0.2) is 83.4 Å². The van der Waals surface area contributed by atoms with Crippen molar-refractivity contribution < 1.29 is 28.8 Å². The summed E-state index contributed by atoms with van der Waals surface area (Å²) in [6, 6.07) is 22.9. The monoisotopic (exact) mass is 527 g/mol. The van der Waals surface area contributed by atoms with Gasteiger partial charge in [0.05, 0.1) is 17.2 Å². The summed E-state index contributed by atoms with van der Waals surface area (Å²) in [5.41, 5.74) is 4.19. The van der Waals surface area contributed by atoms with E-state index < -0.39 is 24.1 Å². The van der Waals surface area contributed by atoms with Gasteiger partial charge in [-0.05, 0) is 61.2 Å². The SMILES string of the molecule is CCC(C(=O)O)c1cccc(NC(=O)c2ccc(-c3c(C)noc3NC(=O)OC(C)c3ccccc3)cc2)c1. The van der Waals surface area contributed by atoms with Gasteiger partial charge < -0.3 is 19.7 Å². The standard InChI is InChI=1S/C30H29N3O6/c1-4-25(29(35)36)23-11-8-12-24(17-23)31-27(34)22-15-13-21(14-16-22)26-18(2)33-39-28(26)32-30(37)38-19(3)20-9-6-5-7-10-20/h5-17,19,25H,4H2,1-3H3,(H,31,34)(H,32,37)(H,35,36). The Morgan fingerprint density at radius 1 is 0.949 bits per heavy atom. The van der Waals surface area contributed by atoms with E-state index in [1.165, 1.54) is 0 Å². The van der Waals surface area contributed by atoms with Crippen LogP contribution in [0.4, 0.5) is 16.4 Å². The number of rotatable bonds is 9. The van der Waals surface area contributed by atoms with Gasteiger partial charge in [0, 0.05) is 11.3 Å². The zero-order valence-electron chi connectivity index (χ0n) is 21.8. The lowest BCUT2D eigenvalue weighted by molar-refractivity contribution is -0.138. The molecule has 0 saturated carbocycles. The van der Waals surface area contributed by atoms with Gasteiger partial charge in [-0.3, -0.25) is 14.9 Å². The van der Waals surface area contributed by atoms with Crippen molar-refractivity contribution in [1.29, 1.82) is 0 Å². The predicted octanol–water partition coefficient (Wildman–Crippen LogP) is 6.79. The minimum atomic E-state index is -0.909. The zero-order chi connectivity index (χ0) is 27.9. The molecular formula is C30H29N3O6. The average Bonchev–Trinajstić information content (AvgIpc) is 3.29. The number of ether oxygens (including phenoxy) is 1. The van der Waals surface area contributed by atoms with E-state index in [1.54, 1.807) is 69.3 Å². The first-order valence-electron chi connectivity index (χ1n) is 12.5. The number of nitrogens with zero attached hydrogens (tertiary/aromatic N) is 1. The molecule has 9 heteroatoms. The highest BCUT2D eigenvalue weighted by atomic mass is 16.6. The molecule has 4 aromatic rings. The van der Waals surface area contributed by atoms with Crippen LogP contribution < -0.4 is 10.6 Å². The molecule has 4 rings (SSSR count). The van der Waals surface area contributed by atoms with Crippen molar-refractivity contribution in [2.45, 2.75) is 39.2 Å². The van der Waals surface area contributed by atoms with Crippen molar-refractivity contribution in [3.63, 3.8) is 0 Å². The Kier molecular flexibility index (Phi) is 8.40. The highest BCUT2D eigenvalue weighted by Gasteiger charge is 2.21. The molecule has 0 saturated heterocycles. The Hall–Kier alpha value is -4.92. The van der Waals surface area contributed by atoms with Crippen molar-refractivity contribution >= 4 is 29.5 Å². The van der Waals surface area contributed by atoms with Crippen LogP contribution >= 0.6 is 0 Å². The number of carboxylic acids is 1. The van der Waals surface area contributed by atoms with E-state index in [0.29, 0.717) is 40.1 Å². The summed E-state index contributed by atoms with van der Waals surface area (Å²) >= 11 is 0. The third-order valence-corrected chi connectivity index (χ3v) is 6.32. The third-order valence-electron chi connectivity index (χ3n) is 6.32. The van der Waals surface area contributed by atoms with Gasteiger partial charge in [0.25, 0.3) is 5.91 Å². The largest absolute Gasteiger partial charge is 0.481 e. The molecule has 3 aromatic carbocycles. The Bertz CT molecular complexity index is 1460. The van der Waals surface area contributed by atoms with Crippen LogP contribution in [0.1, 0.15) is 59.5 Å². The van der Waals surface area contributed by atoms with Crippen molar-refractivity contribution in [3.05, 3.63) is 101 Å². The molecule has 39 heavy (non-hydrogen) atoms. The number of aryl methyl sites for hydroxylation is 1. The molecule has 0 aliphatic rings. The number of aliphatic carboxylic acids is 1. The molecule has 1 heterocycles. The normalized spacial score (nSPS) is 12.3. The molecule has 3 N–H and O–H groups in total. The van der Waals surface area contributed by atoms with Crippen molar-refractivity contribution in [3.8, 4) is 11.1 Å². The molecule has 2 amide bonds. The number of hydrogen-bond donors (Lipinski definition) is 3. The van der Waals surface area contributed by atoms with E-state index in [0.717, 1.165) is 5.56 Å². The Labute approximate surface area is 225 Å². The number of anilines is 2. The number of nitrogens with one attached hydrogen (secondary N) is 2. The summed E-state index contributed by atoms with van der Waals surface area (Å²) in [5, 5.41) is 18.8. The van der Waals surface area contributed by atoms with E-state index >= 15 is 0 Å². The molecular weight excluding hydrogens is 498 g/mol. The van der Waals surface area contributed by atoms with Crippen molar-refractivity contribution in [2.24, 2.45) is 0 Å². The van der Waals surface area contributed by atoms with Crippen molar-refractivity contribution in [1.82, 2.24) is 5.16 Å². The second kappa shape index (κ2) is 12.1. The van der Waals surface area contributed by atoms with Gasteiger partial charge in [-0.15, -0.1) is 0 Å². The second-order valence-corrected chi connectivity index (χ2v) is 9.01. The number of benzene rings is 3. The van der Waals surface area contributed by atoms with Crippen LogP contribution in [0.3, 0.4) is 0 Å². The molecule has 0 aliphatic carbocycles. The first-order valence-corrected chi connectivity index (χ1v) is 12.5. The zero-order valence-corrected chi connectivity index (χ0v) is 21.8. The first-order chi connectivity index (χ1) is 18.8. The van der Waals surface area contributed by atoms with Crippen molar-refractivity contribution in [2.75, 3.05) is 10.6 Å². The van der Waals surface area contributed by atoms with Gasteiger partial charge in [0.15, 0.2) is 0 Å². The number of carbonyl (C=O) groups is 3. The second-order valence-electron chi connectivity index (χ2n) is 9.01. The molecule has 0 aliphatic heterocycles. The van der Waals surface area contributed by atoms with E-state index in [9.17, 15) is 19.5 Å². The summed E-state index contributed by atoms with van der Waals surface area (Å²) in [5.74, 6) is -1.76. The molecule has 0 radical (unpaired) electrons. The van der Waals surface area contributed by atoms with E-state index in [1.807, 2.05) is 30.3 Å². The number of carbonyl (C=O) groups excluding carboxylic acids is 2. The Balaban J connectivity index is 1.45. The quantitative estimate of drug-likeness (QED) is 0.218. The fourth-order valence-corrected chi connectivity index (χ4v) is 4.25. The summed E-state index contributed by atoms with van der Waals surface area (Å²) in [6.45, 7) is 5.32. The van der Waals surface area contributed by atoms with E-state index in [2.05, 4.69) is 15.8 Å². The van der Waals surface area contributed by atoms with Crippen LogP contribution in [0, 0.1) is 6.92 Å². The van der Waals surface area contributed by atoms with Gasteiger partial charge in [0.1, 0.15) is 6.10 Å². The fraction of sp³-hybridized carbons (Fsp3) is 0.200. The van der Waals surface area contributed by atoms with E-state index in [-0.39, 0.29) is 11.8 Å². The first kappa shape index (κ1) is 27.1. The number of amides is 2. The maximum atomic E-state index is 12.9. The smallest absolute Gasteiger partial charge is 0.414 e. The molecule has 2 unspecified atom stereocenters. The molecule has 1 aromatic heterocycles. The van der Waals surface area contributed by atoms with Gasteiger partial charge >= 0.3 is 12.1 Å². The summed E-state index contributed by atoms with van der Waals surface area (Å²) < 4.78 is 10.8. The van der Waals surface area contributed by atoms with Gasteiger partial charge in [0.2, 0.25) is 5.88 Å². The van der Waals surface area contributed by atoms with Crippen LogP contribution in [-0.4, -0.2) is 28.2 Å². The van der Waals surface area contributed by atoms with Gasteiger partial charge in [-0.1, -0.05) is 66.7 Å². The Morgan fingerprint density at radius 2 is 1.64 bits per heavy atom. The molecule has 0 bridgehead atoms. The number of carboxylic acid groups (broad SMARTS) is 1. The number of aromatic nitrogens is 1. The van der Waals surface area contributed by atoms with Gasteiger partial charge in [-0.25, -0.2) is 4.79 Å². The predicted molar refractivity (Wildman–Crippen MR) is 147 cm³/mol. The summed E-state index contributed by atoms with van der Waals surface area (Å²) in [7, 11) is 0. The van der Waals surface area contributed by atoms with Gasteiger partial charge in [-0.2, -0.15) is 0 Å². The highest BCUT2D eigenvalue weighted by Crippen LogP contribution is 2.32. The summed E-state index contributed by atoms with van der Waals surface area (Å²) in [4.78, 5) is 36.9. The fourth-order valence-electron chi connectivity index (χ4n) is 4.25. The molecule has 0 spiro atoms. The Morgan fingerprint density at radius 3 is 2.31 bits per heavy atom. The van der Waals surface area contributed by atoms with Crippen LogP contribution in [-0.2, 0) is 9.53 Å². The van der Waals surface area contributed by atoms with Crippen LogP contribution in [0.25, 0.3) is 11.1 Å². The average molecular weight is 528 g/mol. The number of hydrogen-bond acceptors (Lipinski definition) is 6. The maximum Gasteiger partial charge on any atom is 0.414 e. The summed E-state index contributed by atoms with van der Waals surface area (Å²) in [6.07, 6.45) is -0.707. The minimum Gasteiger partial charge on any atom is -0.481 e. The lowest BCUT2D eigenvalue weighted by Crippen LogP contribution is -2.16. The van der Waals surface area contributed by atoms with Crippen LogP contribution in [0.2, 0.25) is 0 Å². The lowest BCUT2D eigenvalue weighted by atomic mass is 9.96. The lowest BCUT2D eigenvalue weighted by Gasteiger charge is -2.14. The highest BCUT2D eigenvalue weighted by molar-refractivity contribution is 6.04.